The van der Waals surface area contributed by atoms with E-state index in [1.54, 1.807) is 25.1 Å². The highest BCUT2D eigenvalue weighted by atomic mass is 32.1. The second-order valence-electron chi connectivity index (χ2n) is 5.37. The van der Waals surface area contributed by atoms with E-state index in [9.17, 15) is 14.4 Å². The molecule has 0 spiro atoms. The second kappa shape index (κ2) is 6.86. The van der Waals surface area contributed by atoms with Gasteiger partial charge in [-0.2, -0.15) is 0 Å². The van der Waals surface area contributed by atoms with Gasteiger partial charge in [0.15, 0.2) is 5.13 Å². The van der Waals surface area contributed by atoms with E-state index in [0.29, 0.717) is 21.3 Å². The Kier molecular flexibility index (Phi) is 4.62. The van der Waals surface area contributed by atoms with Gasteiger partial charge in [-0.05, 0) is 30.7 Å². The van der Waals surface area contributed by atoms with Gasteiger partial charge in [-0.1, -0.05) is 24.0 Å². The van der Waals surface area contributed by atoms with Crippen molar-refractivity contribution in [2.75, 3.05) is 17.2 Å². The number of nitrogens with zero attached hydrogens (tertiary/aromatic N) is 1. The van der Waals surface area contributed by atoms with Gasteiger partial charge >= 0.3 is 5.97 Å². The second-order valence-corrected chi connectivity index (χ2v) is 6.37. The highest BCUT2D eigenvalue weighted by Crippen LogP contribution is 2.26. The monoisotopic (exact) mass is 357 g/mol. The fraction of sp³-hybridized carbons (Fsp3) is 0.176. The number of thiazole rings is 1. The maximum absolute atomic E-state index is 12.4. The van der Waals surface area contributed by atoms with Crippen LogP contribution >= 0.6 is 11.3 Å². The fourth-order valence-electron chi connectivity index (χ4n) is 2.38. The maximum Gasteiger partial charge on any atom is 0.350 e. The van der Waals surface area contributed by atoms with Crippen LogP contribution in [-0.2, 0) is 16.0 Å². The van der Waals surface area contributed by atoms with E-state index in [0.717, 1.165) is 22.6 Å². The summed E-state index contributed by atoms with van der Waals surface area (Å²) in [6, 6.07) is 4.99. The molecule has 0 bridgehead atoms. The van der Waals surface area contributed by atoms with Gasteiger partial charge in [-0.25, -0.2) is 9.78 Å². The van der Waals surface area contributed by atoms with E-state index in [-0.39, 0.29) is 24.8 Å². The summed E-state index contributed by atoms with van der Waals surface area (Å²) in [5.74, 6) is -0.954. The van der Waals surface area contributed by atoms with Gasteiger partial charge in [0, 0.05) is 11.3 Å². The SMILES string of the molecule is C=CCOC(=O)c1sc(NC(=O)c2ccc3c(c2)CC(=O)N3)nc1C. The number of aryl methyl sites for hydroxylation is 1. The maximum atomic E-state index is 12.4. The number of hydrogen-bond acceptors (Lipinski definition) is 6. The Labute approximate surface area is 147 Å². The fourth-order valence-corrected chi connectivity index (χ4v) is 3.23. The molecule has 1 aromatic carbocycles. The van der Waals surface area contributed by atoms with Gasteiger partial charge in [0.2, 0.25) is 5.91 Å². The lowest BCUT2D eigenvalue weighted by molar-refractivity contribution is -0.115. The molecule has 2 amide bonds. The van der Waals surface area contributed by atoms with Gasteiger partial charge in [-0.15, -0.1) is 0 Å². The lowest BCUT2D eigenvalue weighted by Crippen LogP contribution is -2.11. The van der Waals surface area contributed by atoms with E-state index in [4.69, 9.17) is 4.74 Å². The molecule has 0 aliphatic carbocycles. The van der Waals surface area contributed by atoms with Crippen LogP contribution in [0.2, 0.25) is 0 Å². The molecule has 2 heterocycles. The van der Waals surface area contributed by atoms with E-state index in [2.05, 4.69) is 22.2 Å². The van der Waals surface area contributed by atoms with E-state index in [1.165, 1.54) is 6.08 Å². The number of esters is 1. The Hall–Kier alpha value is -3.00. The van der Waals surface area contributed by atoms with Crippen molar-refractivity contribution < 1.29 is 19.1 Å². The van der Waals surface area contributed by atoms with E-state index < -0.39 is 5.97 Å². The number of rotatable bonds is 5. The molecular weight excluding hydrogens is 342 g/mol. The average molecular weight is 357 g/mol. The average Bonchev–Trinajstić information content (AvgIpc) is 3.13. The number of amides is 2. The Bertz CT molecular complexity index is 888. The molecular formula is C17H15N3O4S. The van der Waals surface area contributed by atoms with Crippen molar-refractivity contribution >= 4 is 39.9 Å². The molecule has 25 heavy (non-hydrogen) atoms. The molecule has 1 aliphatic heterocycles. The number of aromatic nitrogens is 1. The molecule has 128 valence electrons. The Morgan fingerprint density at radius 1 is 1.48 bits per heavy atom. The minimum Gasteiger partial charge on any atom is -0.457 e. The van der Waals surface area contributed by atoms with Crippen LogP contribution in [0.5, 0.6) is 0 Å². The van der Waals surface area contributed by atoms with Crippen LogP contribution in [-0.4, -0.2) is 29.4 Å². The molecule has 0 radical (unpaired) electrons. The summed E-state index contributed by atoms with van der Waals surface area (Å²) < 4.78 is 4.98. The zero-order valence-electron chi connectivity index (χ0n) is 13.4. The number of anilines is 2. The molecule has 0 saturated carbocycles. The summed E-state index contributed by atoms with van der Waals surface area (Å²) in [6.07, 6.45) is 1.73. The summed E-state index contributed by atoms with van der Waals surface area (Å²) in [4.78, 5) is 40.2. The van der Waals surface area contributed by atoms with Gasteiger partial charge in [0.05, 0.1) is 12.1 Å². The Balaban J connectivity index is 1.73. The third-order valence-electron chi connectivity index (χ3n) is 3.53. The normalized spacial score (nSPS) is 12.3. The molecule has 0 atom stereocenters. The topological polar surface area (TPSA) is 97.4 Å². The zero-order valence-corrected chi connectivity index (χ0v) is 14.2. The molecule has 3 rings (SSSR count). The molecule has 8 heteroatoms. The number of hydrogen-bond donors (Lipinski definition) is 2. The number of benzene rings is 1. The minimum absolute atomic E-state index is 0.0919. The molecule has 7 nitrogen and oxygen atoms in total. The van der Waals surface area contributed by atoms with Crippen LogP contribution in [0, 0.1) is 6.92 Å². The number of carbonyl (C=O) groups excluding carboxylic acids is 3. The first-order chi connectivity index (χ1) is 12.0. The summed E-state index contributed by atoms with van der Waals surface area (Å²) in [7, 11) is 0. The first-order valence-electron chi connectivity index (χ1n) is 7.47. The van der Waals surface area contributed by atoms with Gasteiger partial charge < -0.3 is 10.1 Å². The third kappa shape index (κ3) is 3.58. The predicted molar refractivity (Wildman–Crippen MR) is 94.1 cm³/mol. The molecule has 1 aliphatic rings. The van der Waals surface area contributed by atoms with Crippen LogP contribution in [0.3, 0.4) is 0 Å². The minimum atomic E-state index is -0.502. The smallest absolute Gasteiger partial charge is 0.350 e. The van der Waals surface area contributed by atoms with Crippen molar-refractivity contribution in [3.05, 3.63) is 52.6 Å². The first-order valence-corrected chi connectivity index (χ1v) is 8.29. The van der Waals surface area contributed by atoms with Gasteiger partial charge in [-0.3, -0.25) is 14.9 Å². The quantitative estimate of drug-likeness (QED) is 0.633. The molecule has 0 saturated heterocycles. The first kappa shape index (κ1) is 16.8. The van der Waals surface area contributed by atoms with Crippen LogP contribution in [0.4, 0.5) is 10.8 Å². The third-order valence-corrected chi connectivity index (χ3v) is 4.58. The van der Waals surface area contributed by atoms with Crippen LogP contribution < -0.4 is 10.6 Å². The summed E-state index contributed by atoms with van der Waals surface area (Å²) in [5, 5.41) is 5.69. The van der Waals surface area contributed by atoms with Crippen LogP contribution in [0.25, 0.3) is 0 Å². The summed E-state index contributed by atoms with van der Waals surface area (Å²) in [6.45, 7) is 5.27. The molecule has 2 N–H and O–H groups in total. The predicted octanol–water partition coefficient (Wildman–Crippen LogP) is 2.54. The Morgan fingerprint density at radius 2 is 2.28 bits per heavy atom. The molecule has 0 fully saturated rings. The zero-order chi connectivity index (χ0) is 18.0. The van der Waals surface area contributed by atoms with Crippen molar-refractivity contribution in [1.82, 2.24) is 4.98 Å². The Morgan fingerprint density at radius 3 is 3.04 bits per heavy atom. The number of fused-ring (bicyclic) bond motifs is 1. The highest BCUT2D eigenvalue weighted by Gasteiger charge is 2.21. The molecule has 1 aromatic heterocycles. The van der Waals surface area contributed by atoms with Crippen molar-refractivity contribution in [2.45, 2.75) is 13.3 Å². The summed E-state index contributed by atoms with van der Waals surface area (Å²) >= 11 is 1.05. The lowest BCUT2D eigenvalue weighted by atomic mass is 10.1. The largest absolute Gasteiger partial charge is 0.457 e. The molecule has 0 unspecified atom stereocenters. The van der Waals surface area contributed by atoms with Gasteiger partial charge in [0.25, 0.3) is 5.91 Å². The highest BCUT2D eigenvalue weighted by molar-refractivity contribution is 7.17. The van der Waals surface area contributed by atoms with E-state index >= 15 is 0 Å². The van der Waals surface area contributed by atoms with Gasteiger partial charge in [0.1, 0.15) is 11.5 Å². The number of carbonyl (C=O) groups is 3. The van der Waals surface area contributed by atoms with Crippen molar-refractivity contribution in [1.29, 1.82) is 0 Å². The number of ether oxygens (including phenoxy) is 1. The molecule has 2 aromatic rings. The standard InChI is InChI=1S/C17H15N3O4S/c1-3-6-24-16(23)14-9(2)18-17(25-14)20-15(22)10-4-5-12-11(7-10)8-13(21)19-12/h3-5,7H,1,6,8H2,2H3,(H,19,21)(H,18,20,22). The van der Waals surface area contributed by atoms with Crippen LogP contribution in [0.1, 0.15) is 31.3 Å². The van der Waals surface area contributed by atoms with E-state index in [1.807, 2.05) is 0 Å². The van der Waals surface area contributed by atoms with Crippen LogP contribution in [0.15, 0.2) is 30.9 Å². The lowest BCUT2D eigenvalue weighted by Gasteiger charge is -2.04. The van der Waals surface area contributed by atoms with Crippen molar-refractivity contribution in [2.24, 2.45) is 0 Å². The summed E-state index contributed by atoms with van der Waals surface area (Å²) in [5.41, 5.74) is 2.40. The number of nitrogens with one attached hydrogen (secondary N) is 2. The van der Waals surface area contributed by atoms with Crippen molar-refractivity contribution in [3.63, 3.8) is 0 Å². The van der Waals surface area contributed by atoms with Crippen molar-refractivity contribution in [3.8, 4) is 0 Å².